The third kappa shape index (κ3) is 5.39. The number of ketones is 1. The summed E-state index contributed by atoms with van der Waals surface area (Å²) in [4.78, 5) is 25.5. The number of carbonyl (C=O) groups excluding carboxylic acids is 2. The van der Waals surface area contributed by atoms with Gasteiger partial charge in [0.2, 0.25) is 0 Å². The average molecular weight is 502 g/mol. The minimum absolute atomic E-state index is 0.119. The summed E-state index contributed by atoms with van der Waals surface area (Å²) in [6.07, 6.45) is 12.4. The van der Waals surface area contributed by atoms with Crippen LogP contribution in [0.15, 0.2) is 0 Å². The van der Waals surface area contributed by atoms with Crippen molar-refractivity contribution in [3.05, 3.63) is 0 Å². The molecule has 1 N–H and O–H groups in total. The smallest absolute Gasteiger partial charge is 0.407 e. The van der Waals surface area contributed by atoms with Crippen LogP contribution in [0.3, 0.4) is 0 Å². The number of amides is 1. The van der Waals surface area contributed by atoms with Crippen LogP contribution in [-0.2, 0) is 9.53 Å². The molecule has 0 bridgehead atoms. The molecule has 0 aromatic carbocycles. The van der Waals surface area contributed by atoms with Gasteiger partial charge < -0.3 is 10.1 Å². The van der Waals surface area contributed by atoms with Crippen LogP contribution in [0.2, 0.25) is 0 Å². The summed E-state index contributed by atoms with van der Waals surface area (Å²) in [5.41, 5.74) is 0.0887. The third-order valence-electron chi connectivity index (χ3n) is 11.4. The lowest BCUT2D eigenvalue weighted by atomic mass is 9.43. The Morgan fingerprint density at radius 2 is 1.72 bits per heavy atom. The molecule has 4 heteroatoms. The molecule has 0 spiro atoms. The molecule has 0 saturated heterocycles. The van der Waals surface area contributed by atoms with Crippen molar-refractivity contribution in [3.8, 4) is 0 Å². The molecule has 4 fully saturated rings. The maximum absolute atomic E-state index is 13.0. The summed E-state index contributed by atoms with van der Waals surface area (Å²) < 4.78 is 5.74. The van der Waals surface area contributed by atoms with Crippen LogP contribution in [0, 0.1) is 52.3 Å². The third-order valence-corrected chi connectivity index (χ3v) is 11.4. The number of fused-ring (bicyclic) bond motifs is 5. The summed E-state index contributed by atoms with van der Waals surface area (Å²) in [6, 6.07) is 0.119. The van der Waals surface area contributed by atoms with Crippen molar-refractivity contribution in [2.75, 3.05) is 0 Å². The van der Waals surface area contributed by atoms with Gasteiger partial charge in [0.05, 0.1) is 0 Å². The van der Waals surface area contributed by atoms with E-state index in [-0.39, 0.29) is 17.6 Å². The highest BCUT2D eigenvalue weighted by molar-refractivity contribution is 5.79. The lowest BCUT2D eigenvalue weighted by Crippen LogP contribution is -2.62. The van der Waals surface area contributed by atoms with Crippen molar-refractivity contribution in [1.29, 1.82) is 0 Å². The van der Waals surface area contributed by atoms with E-state index >= 15 is 0 Å². The van der Waals surface area contributed by atoms with Crippen LogP contribution < -0.4 is 5.32 Å². The van der Waals surface area contributed by atoms with Crippen molar-refractivity contribution in [1.82, 2.24) is 5.32 Å². The first-order chi connectivity index (χ1) is 16.7. The number of ether oxygens (including phenoxy) is 1. The number of hydrogen-bond acceptors (Lipinski definition) is 3. The van der Waals surface area contributed by atoms with E-state index < -0.39 is 5.60 Å². The monoisotopic (exact) mass is 501 g/mol. The second kappa shape index (κ2) is 10.3. The van der Waals surface area contributed by atoms with Crippen molar-refractivity contribution < 1.29 is 14.3 Å². The second-order valence-corrected chi connectivity index (χ2v) is 15.3. The number of hydrogen-bond donors (Lipinski definition) is 1. The van der Waals surface area contributed by atoms with Crippen molar-refractivity contribution in [3.63, 3.8) is 0 Å². The number of Topliss-reactive ketones (excluding diaryl/α,β-unsaturated/α-hetero) is 1. The van der Waals surface area contributed by atoms with Gasteiger partial charge in [-0.25, -0.2) is 4.79 Å². The normalized spacial score (nSPS) is 41.3. The Morgan fingerprint density at radius 3 is 2.39 bits per heavy atom. The molecule has 0 radical (unpaired) electrons. The Kier molecular flexibility index (Phi) is 7.96. The largest absolute Gasteiger partial charge is 0.444 e. The molecule has 0 aromatic rings. The average Bonchev–Trinajstić information content (AvgIpc) is 3.10. The van der Waals surface area contributed by atoms with E-state index in [0.717, 1.165) is 37.0 Å². The van der Waals surface area contributed by atoms with Crippen molar-refractivity contribution >= 4 is 11.9 Å². The Hall–Kier alpha value is -1.06. The van der Waals surface area contributed by atoms with Crippen LogP contribution in [0.5, 0.6) is 0 Å². The van der Waals surface area contributed by atoms with E-state index in [1.165, 1.54) is 44.9 Å². The van der Waals surface area contributed by atoms with Gasteiger partial charge in [0, 0.05) is 18.9 Å². The van der Waals surface area contributed by atoms with Crippen LogP contribution in [0.25, 0.3) is 0 Å². The highest BCUT2D eigenvalue weighted by Gasteiger charge is 2.63. The number of rotatable bonds is 6. The minimum Gasteiger partial charge on any atom is -0.444 e. The molecule has 4 aliphatic rings. The predicted molar refractivity (Wildman–Crippen MR) is 147 cm³/mol. The van der Waals surface area contributed by atoms with Crippen LogP contribution in [0.1, 0.15) is 126 Å². The van der Waals surface area contributed by atoms with Gasteiger partial charge in [0.15, 0.2) is 0 Å². The van der Waals surface area contributed by atoms with Crippen molar-refractivity contribution in [2.24, 2.45) is 52.3 Å². The molecule has 36 heavy (non-hydrogen) atoms. The Labute approximate surface area is 221 Å². The number of carbonyl (C=O) groups is 2. The van der Waals surface area contributed by atoms with E-state index in [1.54, 1.807) is 0 Å². The first kappa shape index (κ1) is 28.0. The molecule has 9 atom stereocenters. The van der Waals surface area contributed by atoms with E-state index in [4.69, 9.17) is 4.74 Å². The molecule has 4 rings (SSSR count). The van der Waals surface area contributed by atoms with Gasteiger partial charge in [-0.3, -0.25) is 4.79 Å². The zero-order chi connectivity index (χ0) is 26.5. The lowest BCUT2D eigenvalue weighted by Gasteiger charge is -2.62. The maximum atomic E-state index is 13.0. The highest BCUT2D eigenvalue weighted by atomic mass is 16.6. The van der Waals surface area contributed by atoms with Gasteiger partial charge in [-0.2, -0.15) is 0 Å². The molecule has 4 nitrogen and oxygen atoms in total. The van der Waals surface area contributed by atoms with Gasteiger partial charge in [-0.05, 0) is 112 Å². The molecule has 0 aliphatic heterocycles. The van der Waals surface area contributed by atoms with E-state index in [0.29, 0.717) is 41.3 Å². The number of nitrogens with one attached hydrogen (secondary N) is 1. The standard InChI is InChI=1S/C32H55NO3/c1-20(2)10-9-11-21(3)24-12-13-25-28-26(15-17-32(24,25)8)31(7)16-14-23(34)18-22(31)19-27(28)33-29(35)36-30(4,5)6/h20-22,24-28H,9-19H2,1-8H3,(H,33,35)/t21-,22-,24-,25+,26+,27-,28+,31+,32-/m1/s1. The summed E-state index contributed by atoms with van der Waals surface area (Å²) in [6.45, 7) is 18.1. The predicted octanol–water partition coefficient (Wildman–Crippen LogP) is 8.18. The maximum Gasteiger partial charge on any atom is 0.407 e. The fourth-order valence-corrected chi connectivity index (χ4v) is 9.69. The van der Waals surface area contributed by atoms with Crippen LogP contribution >= 0.6 is 0 Å². The Balaban J connectivity index is 1.59. The Morgan fingerprint density at radius 1 is 1.03 bits per heavy atom. The first-order valence-corrected chi connectivity index (χ1v) is 15.3. The van der Waals surface area contributed by atoms with Gasteiger partial charge in [0.25, 0.3) is 0 Å². The van der Waals surface area contributed by atoms with Gasteiger partial charge >= 0.3 is 6.09 Å². The summed E-state index contributed by atoms with van der Waals surface area (Å²) in [7, 11) is 0. The highest BCUT2D eigenvalue weighted by Crippen LogP contribution is 2.68. The van der Waals surface area contributed by atoms with Gasteiger partial charge in [0.1, 0.15) is 11.4 Å². The Bertz CT molecular complexity index is 815. The zero-order valence-electron chi connectivity index (χ0n) is 24.6. The quantitative estimate of drug-likeness (QED) is 0.399. The number of alkyl carbamates (subject to hydrolysis) is 1. The molecule has 4 aliphatic carbocycles. The molecule has 206 valence electrons. The molecular weight excluding hydrogens is 446 g/mol. The molecule has 0 unspecified atom stereocenters. The summed E-state index contributed by atoms with van der Waals surface area (Å²) >= 11 is 0. The summed E-state index contributed by atoms with van der Waals surface area (Å²) in [5, 5.41) is 3.39. The van der Waals surface area contributed by atoms with Crippen LogP contribution in [0.4, 0.5) is 4.79 Å². The lowest BCUT2D eigenvalue weighted by molar-refractivity contribution is -0.145. The van der Waals surface area contributed by atoms with E-state index in [9.17, 15) is 9.59 Å². The van der Waals surface area contributed by atoms with E-state index in [2.05, 4.69) is 39.9 Å². The van der Waals surface area contributed by atoms with Gasteiger partial charge in [-0.15, -0.1) is 0 Å². The minimum atomic E-state index is -0.502. The molecule has 1 amide bonds. The zero-order valence-corrected chi connectivity index (χ0v) is 24.6. The second-order valence-electron chi connectivity index (χ2n) is 15.3. The topological polar surface area (TPSA) is 55.4 Å². The van der Waals surface area contributed by atoms with Gasteiger partial charge in [-0.1, -0.05) is 53.9 Å². The molecule has 0 aromatic heterocycles. The fourth-order valence-electron chi connectivity index (χ4n) is 9.69. The van der Waals surface area contributed by atoms with E-state index in [1.807, 2.05) is 20.8 Å². The molecule has 4 saturated carbocycles. The molecular formula is C32H55NO3. The van der Waals surface area contributed by atoms with Crippen LogP contribution in [-0.4, -0.2) is 23.5 Å². The van der Waals surface area contributed by atoms with Crippen molar-refractivity contribution in [2.45, 2.75) is 138 Å². The molecule has 0 heterocycles. The SMILES string of the molecule is CC(C)CCC[C@@H](C)[C@H]1CC[C@H]2[C@@H]3[C@H](NC(=O)OC(C)(C)C)C[C@H]4CC(=O)CC[C@]4(C)[C@H]3CC[C@]12C. The first-order valence-electron chi connectivity index (χ1n) is 15.3. The fraction of sp³-hybridized carbons (Fsp3) is 0.938. The summed E-state index contributed by atoms with van der Waals surface area (Å²) in [5.74, 6) is 4.90.